The van der Waals surface area contributed by atoms with Crippen LogP contribution in [0.2, 0.25) is 0 Å². The molecular formula is C14H17N5O2. The average molecular weight is 287 g/mol. The lowest BCUT2D eigenvalue weighted by atomic mass is 10.1. The Morgan fingerprint density at radius 2 is 2.33 bits per heavy atom. The van der Waals surface area contributed by atoms with E-state index in [2.05, 4.69) is 15.1 Å². The molecule has 1 fully saturated rings. The Morgan fingerprint density at radius 1 is 1.38 bits per heavy atom. The summed E-state index contributed by atoms with van der Waals surface area (Å²) in [5.41, 5.74) is 0. The fraction of sp³-hybridized carbons (Fsp3) is 0.429. The molecular weight excluding hydrogens is 270 g/mol. The number of likely N-dealkylation sites (tertiary alicyclic amines) is 1. The quantitative estimate of drug-likeness (QED) is 0.829. The van der Waals surface area contributed by atoms with Gasteiger partial charge in [0.15, 0.2) is 0 Å². The average Bonchev–Trinajstić information content (AvgIpc) is 3.01. The molecule has 3 heterocycles. The normalized spacial score (nSPS) is 18.5. The molecule has 0 N–H and O–H groups in total. The molecule has 0 saturated carbocycles. The number of amides is 1. The zero-order chi connectivity index (χ0) is 14.5. The molecule has 1 saturated heterocycles. The zero-order valence-corrected chi connectivity index (χ0v) is 11.6. The lowest BCUT2D eigenvalue weighted by Gasteiger charge is -2.32. The van der Waals surface area contributed by atoms with Gasteiger partial charge < -0.3 is 9.64 Å². The van der Waals surface area contributed by atoms with Gasteiger partial charge in [-0.3, -0.25) is 14.5 Å². The van der Waals surface area contributed by atoms with E-state index in [0.29, 0.717) is 12.4 Å². The highest BCUT2D eigenvalue weighted by Crippen LogP contribution is 2.16. The molecule has 7 heteroatoms. The lowest BCUT2D eigenvalue weighted by molar-refractivity contribution is -0.134. The summed E-state index contributed by atoms with van der Waals surface area (Å²) in [6.45, 7) is 1.61. The minimum absolute atomic E-state index is 0.0305. The summed E-state index contributed by atoms with van der Waals surface area (Å²) >= 11 is 0. The summed E-state index contributed by atoms with van der Waals surface area (Å²) in [6.07, 6.45) is 10.1. The minimum Gasteiger partial charge on any atom is -0.471 e. The van der Waals surface area contributed by atoms with E-state index in [0.717, 1.165) is 19.4 Å². The summed E-state index contributed by atoms with van der Waals surface area (Å²) in [7, 11) is 0. The number of aromatic nitrogens is 4. The van der Waals surface area contributed by atoms with Crippen molar-refractivity contribution in [3.05, 3.63) is 37.1 Å². The third-order valence-corrected chi connectivity index (χ3v) is 3.41. The van der Waals surface area contributed by atoms with E-state index in [4.69, 9.17) is 4.74 Å². The highest BCUT2D eigenvalue weighted by atomic mass is 16.5. The topological polar surface area (TPSA) is 73.1 Å². The van der Waals surface area contributed by atoms with Crippen LogP contribution in [0.3, 0.4) is 0 Å². The van der Waals surface area contributed by atoms with Gasteiger partial charge in [-0.2, -0.15) is 5.10 Å². The molecule has 2 aromatic rings. The van der Waals surface area contributed by atoms with Crippen LogP contribution in [0.5, 0.6) is 5.88 Å². The smallest absolute Gasteiger partial charge is 0.244 e. The summed E-state index contributed by atoms with van der Waals surface area (Å²) in [5, 5.41) is 4.06. The molecule has 7 nitrogen and oxygen atoms in total. The van der Waals surface area contributed by atoms with Gasteiger partial charge in [0.2, 0.25) is 11.8 Å². The van der Waals surface area contributed by atoms with Gasteiger partial charge in [-0.1, -0.05) is 0 Å². The van der Waals surface area contributed by atoms with Crippen molar-refractivity contribution in [2.75, 3.05) is 13.1 Å². The van der Waals surface area contributed by atoms with E-state index >= 15 is 0 Å². The van der Waals surface area contributed by atoms with Gasteiger partial charge in [0.25, 0.3) is 0 Å². The third kappa shape index (κ3) is 3.56. The number of nitrogens with zero attached hydrogens (tertiary/aromatic N) is 5. The molecule has 1 aliphatic rings. The Morgan fingerprint density at radius 3 is 3.10 bits per heavy atom. The first kappa shape index (κ1) is 13.5. The first-order valence-corrected chi connectivity index (χ1v) is 6.99. The van der Waals surface area contributed by atoms with E-state index in [9.17, 15) is 4.79 Å². The van der Waals surface area contributed by atoms with Crippen LogP contribution in [-0.4, -0.2) is 49.7 Å². The van der Waals surface area contributed by atoms with Gasteiger partial charge >= 0.3 is 0 Å². The molecule has 1 aliphatic heterocycles. The molecule has 0 aliphatic carbocycles. The monoisotopic (exact) mass is 287 g/mol. The summed E-state index contributed by atoms with van der Waals surface area (Å²) in [4.78, 5) is 22.1. The van der Waals surface area contributed by atoms with E-state index < -0.39 is 0 Å². The SMILES string of the molecule is O=C(Cn1cccn1)N1CCCC(Oc2cnccn2)C1. The van der Waals surface area contributed by atoms with Crippen LogP contribution in [0.4, 0.5) is 0 Å². The van der Waals surface area contributed by atoms with Gasteiger partial charge in [-0.05, 0) is 18.9 Å². The van der Waals surface area contributed by atoms with Crippen molar-refractivity contribution in [3.63, 3.8) is 0 Å². The van der Waals surface area contributed by atoms with Crippen molar-refractivity contribution in [3.8, 4) is 5.88 Å². The second kappa shape index (κ2) is 6.34. The van der Waals surface area contributed by atoms with Crippen molar-refractivity contribution in [2.24, 2.45) is 0 Å². The molecule has 1 unspecified atom stereocenters. The van der Waals surface area contributed by atoms with Crippen LogP contribution >= 0.6 is 0 Å². The summed E-state index contributed by atoms with van der Waals surface area (Å²) < 4.78 is 7.42. The number of hydrogen-bond donors (Lipinski definition) is 0. The minimum atomic E-state index is -0.0305. The molecule has 0 spiro atoms. The fourth-order valence-corrected chi connectivity index (χ4v) is 2.41. The van der Waals surface area contributed by atoms with Crippen molar-refractivity contribution in [2.45, 2.75) is 25.5 Å². The largest absolute Gasteiger partial charge is 0.471 e. The second-order valence-electron chi connectivity index (χ2n) is 4.97. The number of carbonyl (C=O) groups is 1. The Bertz CT molecular complexity index is 572. The Balaban J connectivity index is 1.56. The van der Waals surface area contributed by atoms with Gasteiger partial charge in [0, 0.05) is 31.3 Å². The molecule has 2 aromatic heterocycles. The Labute approximate surface area is 122 Å². The Hall–Kier alpha value is -2.44. The van der Waals surface area contributed by atoms with Crippen molar-refractivity contribution >= 4 is 5.91 Å². The van der Waals surface area contributed by atoms with E-state index in [1.807, 2.05) is 11.0 Å². The van der Waals surface area contributed by atoms with Crippen molar-refractivity contribution in [1.82, 2.24) is 24.6 Å². The highest BCUT2D eigenvalue weighted by molar-refractivity contribution is 5.76. The molecule has 1 atom stereocenters. The standard InChI is InChI=1S/C14H17N5O2/c20-14(11-19-8-2-4-17-19)18-7-1-3-12(10-18)21-13-9-15-5-6-16-13/h2,4-6,8-9,12H,1,3,7,10-11H2. The molecule has 21 heavy (non-hydrogen) atoms. The molecule has 110 valence electrons. The maximum absolute atomic E-state index is 12.2. The first-order valence-electron chi connectivity index (χ1n) is 6.99. The third-order valence-electron chi connectivity index (χ3n) is 3.41. The summed E-state index contributed by atoms with van der Waals surface area (Å²) in [6, 6.07) is 1.81. The van der Waals surface area contributed by atoms with Crippen LogP contribution in [0.25, 0.3) is 0 Å². The maximum atomic E-state index is 12.2. The van der Waals surface area contributed by atoms with Crippen LogP contribution in [-0.2, 0) is 11.3 Å². The van der Waals surface area contributed by atoms with Gasteiger partial charge in [-0.25, -0.2) is 4.98 Å². The number of rotatable bonds is 4. The molecule has 0 aromatic carbocycles. The number of ether oxygens (including phenoxy) is 1. The van der Waals surface area contributed by atoms with E-state index in [-0.39, 0.29) is 18.6 Å². The van der Waals surface area contributed by atoms with Crippen molar-refractivity contribution < 1.29 is 9.53 Å². The maximum Gasteiger partial charge on any atom is 0.244 e. The fourth-order valence-electron chi connectivity index (χ4n) is 2.41. The number of carbonyl (C=O) groups excluding carboxylic acids is 1. The van der Waals surface area contributed by atoms with E-state index in [1.165, 1.54) is 0 Å². The van der Waals surface area contributed by atoms with Gasteiger partial charge in [0.1, 0.15) is 12.6 Å². The van der Waals surface area contributed by atoms with Crippen LogP contribution in [0.1, 0.15) is 12.8 Å². The van der Waals surface area contributed by atoms with Gasteiger partial charge in [0.05, 0.1) is 12.7 Å². The second-order valence-corrected chi connectivity index (χ2v) is 4.97. The predicted molar refractivity (Wildman–Crippen MR) is 74.5 cm³/mol. The lowest BCUT2D eigenvalue weighted by Crippen LogP contribution is -2.45. The van der Waals surface area contributed by atoms with Gasteiger partial charge in [-0.15, -0.1) is 0 Å². The van der Waals surface area contributed by atoms with Crippen LogP contribution in [0, 0.1) is 0 Å². The molecule has 1 amide bonds. The van der Waals surface area contributed by atoms with Crippen LogP contribution < -0.4 is 4.74 Å². The molecule has 0 bridgehead atoms. The predicted octanol–water partition coefficient (Wildman–Crippen LogP) is 0.743. The number of hydrogen-bond acceptors (Lipinski definition) is 5. The highest BCUT2D eigenvalue weighted by Gasteiger charge is 2.25. The van der Waals surface area contributed by atoms with Crippen LogP contribution in [0.15, 0.2) is 37.1 Å². The first-order chi connectivity index (χ1) is 10.3. The number of piperidine rings is 1. The van der Waals surface area contributed by atoms with E-state index in [1.54, 1.807) is 35.7 Å². The molecule has 0 radical (unpaired) electrons. The van der Waals surface area contributed by atoms with Crippen molar-refractivity contribution in [1.29, 1.82) is 0 Å². The molecule has 3 rings (SSSR count). The Kier molecular flexibility index (Phi) is 4.09. The summed E-state index contributed by atoms with van der Waals surface area (Å²) in [5.74, 6) is 0.565. The zero-order valence-electron chi connectivity index (χ0n) is 11.6.